The Labute approximate surface area is 455 Å². The first-order valence-corrected chi connectivity index (χ1v) is 25.3. The number of primary amides is 2. The number of carbonyl (C=O) groups is 10. The maximum atomic E-state index is 14.4. The van der Waals surface area contributed by atoms with Crippen molar-refractivity contribution in [1.29, 1.82) is 0 Å². The SMILES string of the molecule is CC.CC=C(C)C.CCN1CCN(CC(=O)O)CCN(CC(=O)O)CCN(CC(=O)NC(Cc2ccc(O)cc2)C(=O)N[C@H](Cc2ccncc2)C(=O)N[C@@H](CC(N)=O)C(=O)NC(C(=O)NCC(N)=O)C(C)O)CC1.O=CO. The van der Waals surface area contributed by atoms with Gasteiger partial charge in [0.2, 0.25) is 41.4 Å². The Morgan fingerprint density at radius 3 is 1.44 bits per heavy atom. The summed E-state index contributed by atoms with van der Waals surface area (Å²) < 4.78 is 0. The first-order chi connectivity index (χ1) is 36.9. The van der Waals surface area contributed by atoms with Gasteiger partial charge in [0.25, 0.3) is 6.47 Å². The van der Waals surface area contributed by atoms with Gasteiger partial charge in [0.15, 0.2) is 0 Å². The molecule has 27 nitrogen and oxygen atoms in total. The molecule has 436 valence electrons. The van der Waals surface area contributed by atoms with Crippen LogP contribution in [0.3, 0.4) is 0 Å². The summed E-state index contributed by atoms with van der Waals surface area (Å²) in [6, 6.07) is 2.73. The number of nitrogens with two attached hydrogens (primary N) is 2. The predicted molar refractivity (Wildman–Crippen MR) is 287 cm³/mol. The van der Waals surface area contributed by atoms with Gasteiger partial charge in [0.05, 0.1) is 38.7 Å². The van der Waals surface area contributed by atoms with Gasteiger partial charge in [0.1, 0.15) is 29.9 Å². The summed E-state index contributed by atoms with van der Waals surface area (Å²) in [5.74, 6) is -8.66. The van der Waals surface area contributed by atoms with Crippen LogP contribution in [0.5, 0.6) is 5.75 Å². The molecule has 1 fully saturated rings. The van der Waals surface area contributed by atoms with E-state index < -0.39 is 96.5 Å². The van der Waals surface area contributed by atoms with E-state index in [9.17, 15) is 63.6 Å². The van der Waals surface area contributed by atoms with Gasteiger partial charge in [0, 0.05) is 77.6 Å². The standard InChI is InChI=1S/C43H64N12O13.C5H10.C2H6.CH2O2/c1-3-52-12-14-53(16-17-55(26-38(63)64)19-18-54(15-13-52)25-37(61)62)24-36(60)48-31(20-28-4-6-30(57)7-5-28)40(65)49-32(21-29-8-10-46-11-9-29)41(66)50-33(22-34(44)58)42(67)51-39(27(2)56)43(68)47-23-35(45)59;1-4-5(2)3;1-2;2-1-3/h4-11,27,31-33,39,56-57H,3,12-26H2,1-2H3,(H2,44,58)(H2,45,59)(H,47,68)(H,48,60)(H,49,65)(H,50,66)(H,51,67)(H,61,62)(H,63,64);4H,1-3H3;1-2H3;1H,(H,2,3)/t27?,31?,32-,33+,39?;;;/m1.../s1. The molecule has 78 heavy (non-hydrogen) atoms. The highest BCUT2D eigenvalue weighted by Crippen LogP contribution is 2.13. The smallest absolute Gasteiger partial charge is 0.317 e. The lowest BCUT2D eigenvalue weighted by Crippen LogP contribution is -2.61. The lowest BCUT2D eigenvalue weighted by atomic mass is 10.0. The number of allylic oxidation sites excluding steroid dienone is 2. The maximum absolute atomic E-state index is 14.4. The molecule has 27 heteroatoms. The Kier molecular flexibility index (Phi) is 35.9. The number of nitrogens with zero attached hydrogens (tertiary/aromatic N) is 5. The van der Waals surface area contributed by atoms with E-state index in [1.807, 2.05) is 32.6 Å². The zero-order valence-electron chi connectivity index (χ0n) is 45.7. The number of amides is 7. The Bertz CT molecular complexity index is 2220. The number of hydrogen-bond acceptors (Lipinski definition) is 17. The molecule has 7 amide bonds. The summed E-state index contributed by atoms with van der Waals surface area (Å²) in [5, 5.41) is 58.4. The van der Waals surface area contributed by atoms with Crippen molar-refractivity contribution in [2.45, 2.75) is 98.0 Å². The van der Waals surface area contributed by atoms with Gasteiger partial charge in [-0.15, -0.1) is 0 Å². The minimum absolute atomic E-state index is 0.0588. The van der Waals surface area contributed by atoms with Gasteiger partial charge in [-0.2, -0.15) is 0 Å². The van der Waals surface area contributed by atoms with Crippen molar-refractivity contribution < 1.29 is 73.5 Å². The lowest BCUT2D eigenvalue weighted by molar-refractivity contribution is -0.140. The number of benzene rings is 1. The van der Waals surface area contributed by atoms with Gasteiger partial charge in [-0.25, -0.2) is 0 Å². The number of hydrogen-bond donors (Lipinski definition) is 12. The van der Waals surface area contributed by atoms with Gasteiger partial charge in [-0.05, 0) is 69.6 Å². The van der Waals surface area contributed by atoms with Crippen molar-refractivity contribution in [3.05, 3.63) is 71.6 Å². The molecule has 0 radical (unpaired) electrons. The molecule has 0 aliphatic carbocycles. The van der Waals surface area contributed by atoms with Crippen LogP contribution in [0.25, 0.3) is 0 Å². The van der Waals surface area contributed by atoms with Crippen molar-refractivity contribution in [1.82, 2.24) is 51.2 Å². The topological polar surface area (TPSA) is 410 Å². The van der Waals surface area contributed by atoms with Crippen molar-refractivity contribution in [2.75, 3.05) is 85.1 Å². The van der Waals surface area contributed by atoms with Crippen LogP contribution in [-0.4, -0.2) is 225 Å². The number of aromatic hydroxyl groups is 1. The quantitative estimate of drug-likeness (QED) is 0.0381. The van der Waals surface area contributed by atoms with Crippen LogP contribution >= 0.6 is 0 Å². The van der Waals surface area contributed by atoms with Crippen LogP contribution in [0.4, 0.5) is 0 Å². The average molecular weight is 1100 g/mol. The van der Waals surface area contributed by atoms with Crippen LogP contribution in [0.15, 0.2) is 60.4 Å². The highest BCUT2D eigenvalue weighted by molar-refractivity contribution is 5.98. The highest BCUT2D eigenvalue weighted by atomic mass is 16.4. The number of aliphatic hydroxyl groups excluding tert-OH is 1. The zero-order chi connectivity index (χ0) is 59.3. The Morgan fingerprint density at radius 2 is 1.04 bits per heavy atom. The fraction of sp³-hybridized carbons (Fsp3) is 0.549. The fourth-order valence-corrected chi connectivity index (χ4v) is 7.13. The molecule has 1 aliphatic heterocycles. The number of aliphatic carboxylic acids is 2. The van der Waals surface area contributed by atoms with Crippen LogP contribution < -0.4 is 38.1 Å². The number of carboxylic acid groups (broad SMARTS) is 3. The van der Waals surface area contributed by atoms with E-state index in [1.165, 1.54) is 49.2 Å². The summed E-state index contributed by atoms with van der Waals surface area (Å²) in [6.45, 7) is 15.1. The van der Waals surface area contributed by atoms with E-state index in [0.29, 0.717) is 50.4 Å². The van der Waals surface area contributed by atoms with Gasteiger partial charge in [-0.3, -0.25) is 67.6 Å². The monoisotopic (exact) mass is 1100 g/mol. The van der Waals surface area contributed by atoms with E-state index in [0.717, 1.165) is 0 Å². The molecule has 1 aliphatic rings. The van der Waals surface area contributed by atoms with Crippen LogP contribution in [-0.2, 0) is 60.8 Å². The van der Waals surface area contributed by atoms with Crippen molar-refractivity contribution in [3.63, 3.8) is 0 Å². The summed E-state index contributed by atoms with van der Waals surface area (Å²) in [7, 11) is 0. The minimum Gasteiger partial charge on any atom is -0.508 e. The molecular weight excluding hydrogens is 1020 g/mol. The molecule has 0 saturated carbocycles. The van der Waals surface area contributed by atoms with E-state index in [1.54, 1.807) is 21.9 Å². The van der Waals surface area contributed by atoms with E-state index in [2.05, 4.69) is 56.4 Å². The molecule has 3 rings (SSSR count). The third kappa shape index (κ3) is 31.5. The van der Waals surface area contributed by atoms with E-state index >= 15 is 0 Å². The lowest BCUT2D eigenvalue weighted by Gasteiger charge is -2.33. The average Bonchev–Trinajstić information content (AvgIpc) is 3.37. The summed E-state index contributed by atoms with van der Waals surface area (Å²) in [4.78, 5) is 135. The summed E-state index contributed by atoms with van der Waals surface area (Å²) in [6.07, 6.45) is 2.32. The molecule has 1 aromatic carbocycles. The van der Waals surface area contributed by atoms with Crippen molar-refractivity contribution in [3.8, 4) is 5.75 Å². The third-order valence-corrected chi connectivity index (χ3v) is 11.4. The zero-order valence-corrected chi connectivity index (χ0v) is 45.7. The number of rotatable bonds is 24. The Balaban J connectivity index is 0.00000546. The second-order valence-electron chi connectivity index (χ2n) is 17.8. The normalized spacial score (nSPS) is 15.3. The first-order valence-electron chi connectivity index (χ1n) is 25.3. The second kappa shape index (κ2) is 39.7. The van der Waals surface area contributed by atoms with E-state index in [-0.39, 0.29) is 64.3 Å². The van der Waals surface area contributed by atoms with Crippen molar-refractivity contribution >= 4 is 59.8 Å². The number of carbonyl (C=O) groups excluding carboxylic acids is 7. The van der Waals surface area contributed by atoms with E-state index in [4.69, 9.17) is 21.4 Å². The number of pyridine rings is 1. The molecular formula is C51H82N12O15. The molecule has 5 atom stereocenters. The molecule has 1 aromatic heterocycles. The largest absolute Gasteiger partial charge is 0.508 e. The van der Waals surface area contributed by atoms with Crippen molar-refractivity contribution in [2.24, 2.45) is 11.5 Å². The minimum atomic E-state index is -1.74. The van der Waals surface area contributed by atoms with Crippen LogP contribution in [0.1, 0.15) is 66.0 Å². The maximum Gasteiger partial charge on any atom is 0.317 e. The van der Waals surface area contributed by atoms with Gasteiger partial charge in [-0.1, -0.05) is 44.6 Å². The molecule has 0 bridgehead atoms. The van der Waals surface area contributed by atoms with Gasteiger partial charge >= 0.3 is 11.9 Å². The second-order valence-corrected chi connectivity index (χ2v) is 17.8. The number of nitrogens with one attached hydrogen (secondary N) is 5. The first kappa shape index (κ1) is 70.4. The molecule has 14 N–H and O–H groups in total. The number of aromatic nitrogens is 1. The third-order valence-electron chi connectivity index (χ3n) is 11.4. The number of carboxylic acids is 2. The molecule has 0 spiro atoms. The molecule has 1 saturated heterocycles. The summed E-state index contributed by atoms with van der Waals surface area (Å²) in [5.41, 5.74) is 12.9. The number of aliphatic hydroxyl groups is 1. The Hall–Kier alpha value is -7.59. The predicted octanol–water partition coefficient (Wildman–Crippen LogP) is -2.52. The summed E-state index contributed by atoms with van der Waals surface area (Å²) >= 11 is 0. The molecule has 2 aromatic rings. The highest BCUT2D eigenvalue weighted by Gasteiger charge is 2.34. The molecule has 2 heterocycles. The molecule has 3 unspecified atom stereocenters. The number of phenolic OH excluding ortho intramolecular Hbond substituents is 1. The number of phenols is 1. The van der Waals surface area contributed by atoms with Gasteiger partial charge < -0.3 is 68.5 Å². The Morgan fingerprint density at radius 1 is 0.641 bits per heavy atom. The fourth-order valence-electron chi connectivity index (χ4n) is 7.13. The number of likely N-dealkylation sites (N-methyl/N-ethyl adjacent to an activating group) is 1. The van der Waals surface area contributed by atoms with Crippen LogP contribution in [0.2, 0.25) is 0 Å². The van der Waals surface area contributed by atoms with Crippen LogP contribution in [0, 0.1) is 0 Å².